The molecule has 19 heavy (non-hydrogen) atoms. The van der Waals surface area contributed by atoms with E-state index in [0.717, 1.165) is 16.7 Å². The van der Waals surface area contributed by atoms with Crippen molar-refractivity contribution in [1.29, 1.82) is 5.26 Å². The average molecular weight is 251 g/mol. The highest BCUT2D eigenvalue weighted by atomic mass is 16.7. The van der Waals surface area contributed by atoms with E-state index in [9.17, 15) is 0 Å². The maximum Gasteiger partial charge on any atom is 0.184 e. The van der Waals surface area contributed by atoms with Crippen LogP contribution in [-0.4, -0.2) is 13.2 Å². The fraction of sp³-hybridized carbons (Fsp3) is 0.188. The zero-order chi connectivity index (χ0) is 13.1. The normalized spacial score (nSPS) is 15.3. The average Bonchev–Trinajstić information content (AvgIpc) is 3.02. The summed E-state index contributed by atoms with van der Waals surface area (Å²) in [7, 11) is 0. The van der Waals surface area contributed by atoms with Crippen molar-refractivity contribution in [2.24, 2.45) is 0 Å². The van der Waals surface area contributed by atoms with Gasteiger partial charge < -0.3 is 9.47 Å². The monoisotopic (exact) mass is 251 g/mol. The van der Waals surface area contributed by atoms with E-state index >= 15 is 0 Å². The number of nitrogens with zero attached hydrogens (tertiary/aromatic N) is 1. The quantitative estimate of drug-likeness (QED) is 0.822. The Labute approximate surface area is 112 Å². The van der Waals surface area contributed by atoms with Crippen molar-refractivity contribution < 1.29 is 9.47 Å². The van der Waals surface area contributed by atoms with E-state index in [-0.39, 0.29) is 6.29 Å². The summed E-state index contributed by atoms with van der Waals surface area (Å²) in [6.07, 6.45) is -0.237. The highest BCUT2D eigenvalue weighted by Gasteiger charge is 2.17. The van der Waals surface area contributed by atoms with Crippen LogP contribution in [0, 0.1) is 11.3 Å². The van der Waals surface area contributed by atoms with Crippen LogP contribution in [0.3, 0.4) is 0 Å². The van der Waals surface area contributed by atoms with E-state index in [1.807, 2.05) is 42.5 Å². The molecule has 1 aliphatic heterocycles. The van der Waals surface area contributed by atoms with Gasteiger partial charge in [-0.1, -0.05) is 36.4 Å². The third kappa shape index (κ3) is 2.50. The predicted octanol–water partition coefficient (Wildman–Crippen LogP) is 3.27. The van der Waals surface area contributed by atoms with Gasteiger partial charge in [0.15, 0.2) is 6.29 Å². The molecule has 1 heterocycles. The lowest BCUT2D eigenvalue weighted by Gasteiger charge is -2.10. The molecule has 3 nitrogen and oxygen atoms in total. The van der Waals surface area contributed by atoms with Crippen molar-refractivity contribution in [2.45, 2.75) is 6.29 Å². The molecular weight excluding hydrogens is 238 g/mol. The van der Waals surface area contributed by atoms with Gasteiger partial charge in [0.05, 0.1) is 24.8 Å². The Morgan fingerprint density at radius 1 is 0.947 bits per heavy atom. The lowest BCUT2D eigenvalue weighted by atomic mass is 10.0. The van der Waals surface area contributed by atoms with Gasteiger partial charge in [0.25, 0.3) is 0 Å². The fourth-order valence-electron chi connectivity index (χ4n) is 2.15. The maximum absolute atomic E-state index is 8.91. The van der Waals surface area contributed by atoms with Gasteiger partial charge in [-0.3, -0.25) is 0 Å². The van der Waals surface area contributed by atoms with Gasteiger partial charge in [-0.2, -0.15) is 5.26 Å². The fourth-order valence-corrected chi connectivity index (χ4v) is 2.15. The molecule has 0 bridgehead atoms. The van der Waals surface area contributed by atoms with Gasteiger partial charge in [0.1, 0.15) is 0 Å². The summed E-state index contributed by atoms with van der Waals surface area (Å²) in [6, 6.07) is 17.8. The molecule has 94 valence electrons. The van der Waals surface area contributed by atoms with Gasteiger partial charge in [-0.25, -0.2) is 0 Å². The molecule has 0 saturated carbocycles. The third-order valence-electron chi connectivity index (χ3n) is 3.13. The van der Waals surface area contributed by atoms with Crippen molar-refractivity contribution in [3.05, 3.63) is 59.7 Å². The molecule has 1 saturated heterocycles. The molecule has 0 atom stereocenters. The summed E-state index contributed by atoms with van der Waals surface area (Å²) in [6.45, 7) is 1.30. The molecule has 1 aliphatic rings. The molecule has 0 aromatic heterocycles. The number of rotatable bonds is 2. The van der Waals surface area contributed by atoms with Crippen molar-refractivity contribution in [2.75, 3.05) is 13.2 Å². The molecule has 0 spiro atoms. The zero-order valence-electron chi connectivity index (χ0n) is 10.4. The van der Waals surface area contributed by atoms with Gasteiger partial charge >= 0.3 is 0 Å². The topological polar surface area (TPSA) is 42.2 Å². The van der Waals surface area contributed by atoms with E-state index in [1.54, 1.807) is 6.07 Å². The second-order valence-corrected chi connectivity index (χ2v) is 4.39. The summed E-state index contributed by atoms with van der Waals surface area (Å²) in [5.41, 5.74) is 3.82. The van der Waals surface area contributed by atoms with Crippen LogP contribution in [-0.2, 0) is 9.47 Å². The molecule has 0 unspecified atom stereocenters. The summed E-state index contributed by atoms with van der Waals surface area (Å²) in [5.74, 6) is 0. The van der Waals surface area contributed by atoms with Crippen molar-refractivity contribution >= 4 is 0 Å². The minimum Gasteiger partial charge on any atom is -0.346 e. The Morgan fingerprint density at radius 2 is 1.68 bits per heavy atom. The number of ether oxygens (including phenoxy) is 2. The first kappa shape index (κ1) is 11.9. The van der Waals surface area contributed by atoms with E-state index < -0.39 is 0 Å². The largest absolute Gasteiger partial charge is 0.346 e. The van der Waals surface area contributed by atoms with Crippen LogP contribution in [0.1, 0.15) is 17.4 Å². The van der Waals surface area contributed by atoms with Crippen LogP contribution >= 0.6 is 0 Å². The molecule has 2 aromatic carbocycles. The maximum atomic E-state index is 8.91. The van der Waals surface area contributed by atoms with Gasteiger partial charge in [-0.15, -0.1) is 0 Å². The number of nitriles is 1. The molecule has 1 fully saturated rings. The van der Waals surface area contributed by atoms with Gasteiger partial charge in [-0.05, 0) is 23.3 Å². The molecule has 3 heteroatoms. The minimum atomic E-state index is -0.237. The Hall–Kier alpha value is -2.15. The van der Waals surface area contributed by atoms with Gasteiger partial charge in [0.2, 0.25) is 0 Å². The lowest BCUT2D eigenvalue weighted by Crippen LogP contribution is -1.97. The van der Waals surface area contributed by atoms with Crippen molar-refractivity contribution in [3.8, 4) is 17.2 Å². The highest BCUT2D eigenvalue weighted by molar-refractivity contribution is 5.65. The number of hydrogen-bond donors (Lipinski definition) is 0. The summed E-state index contributed by atoms with van der Waals surface area (Å²) in [4.78, 5) is 0. The Morgan fingerprint density at radius 3 is 2.37 bits per heavy atom. The number of benzene rings is 2. The molecule has 0 aliphatic carbocycles. The van der Waals surface area contributed by atoms with E-state index in [0.29, 0.717) is 18.8 Å². The first-order valence-electron chi connectivity index (χ1n) is 6.20. The molecule has 3 rings (SSSR count). The molecule has 0 N–H and O–H groups in total. The van der Waals surface area contributed by atoms with Crippen LogP contribution in [0.4, 0.5) is 0 Å². The molecular formula is C16H13NO2. The first-order chi connectivity index (χ1) is 9.36. The van der Waals surface area contributed by atoms with Crippen molar-refractivity contribution in [3.63, 3.8) is 0 Å². The minimum absolute atomic E-state index is 0.237. The van der Waals surface area contributed by atoms with Crippen LogP contribution in [0.15, 0.2) is 48.5 Å². The van der Waals surface area contributed by atoms with Crippen LogP contribution in [0.2, 0.25) is 0 Å². The van der Waals surface area contributed by atoms with Crippen molar-refractivity contribution in [1.82, 2.24) is 0 Å². The lowest BCUT2D eigenvalue weighted by molar-refractivity contribution is -0.0441. The van der Waals surface area contributed by atoms with Gasteiger partial charge in [0, 0.05) is 5.56 Å². The van der Waals surface area contributed by atoms with Crippen LogP contribution < -0.4 is 0 Å². The summed E-state index contributed by atoms with van der Waals surface area (Å²) < 4.78 is 10.9. The Kier molecular flexibility index (Phi) is 3.28. The predicted molar refractivity (Wildman–Crippen MR) is 71.2 cm³/mol. The standard InChI is InChI=1S/C16H13NO2/c17-11-12-2-1-3-15(10-12)13-4-6-14(7-5-13)16-18-8-9-19-16/h1-7,10,16H,8-9H2. The summed E-state index contributed by atoms with van der Waals surface area (Å²) >= 11 is 0. The van der Waals surface area contributed by atoms with Crippen LogP contribution in [0.25, 0.3) is 11.1 Å². The Bertz CT molecular complexity index is 607. The first-order valence-corrected chi connectivity index (χ1v) is 6.20. The van der Waals surface area contributed by atoms with E-state index in [1.165, 1.54) is 0 Å². The highest BCUT2D eigenvalue weighted by Crippen LogP contribution is 2.26. The second kappa shape index (κ2) is 5.23. The third-order valence-corrected chi connectivity index (χ3v) is 3.13. The molecule has 2 aromatic rings. The zero-order valence-corrected chi connectivity index (χ0v) is 10.4. The second-order valence-electron chi connectivity index (χ2n) is 4.39. The molecule has 0 amide bonds. The summed E-state index contributed by atoms with van der Waals surface area (Å²) in [5, 5.41) is 8.91. The van der Waals surface area contributed by atoms with E-state index in [2.05, 4.69) is 6.07 Å². The van der Waals surface area contributed by atoms with Crippen LogP contribution in [0.5, 0.6) is 0 Å². The smallest absolute Gasteiger partial charge is 0.184 e. The molecule has 0 radical (unpaired) electrons. The SMILES string of the molecule is N#Cc1cccc(-c2ccc(C3OCCO3)cc2)c1. The van der Waals surface area contributed by atoms with E-state index in [4.69, 9.17) is 14.7 Å². The number of hydrogen-bond acceptors (Lipinski definition) is 3. The Balaban J connectivity index is 1.87.